The van der Waals surface area contributed by atoms with Gasteiger partial charge >= 0.3 is 0 Å². The molecule has 0 N–H and O–H groups in total. The van der Waals surface area contributed by atoms with E-state index in [2.05, 4.69) is 267 Å². The Bertz CT molecular complexity index is 3550. The average Bonchev–Trinajstić information content (AvgIpc) is 3.65. The lowest BCUT2D eigenvalue weighted by Crippen LogP contribution is -2.22. The van der Waals surface area contributed by atoms with Crippen LogP contribution in [0.25, 0.3) is 77.2 Å². The van der Waals surface area contributed by atoms with E-state index in [0.29, 0.717) is 0 Å². The van der Waals surface area contributed by atoms with Crippen LogP contribution in [-0.4, -0.2) is 0 Å². The third-order valence-corrected chi connectivity index (χ3v) is 13.8. The fraction of sp³-hybridized carbons (Fsp3) is 0.0312. The maximum absolute atomic E-state index is 2.44. The van der Waals surface area contributed by atoms with Gasteiger partial charge in [-0.3, -0.25) is 0 Å². The number of benzene rings is 11. The van der Waals surface area contributed by atoms with Gasteiger partial charge in [0, 0.05) is 22.4 Å². The zero-order valence-electron chi connectivity index (χ0n) is 36.2. The summed E-state index contributed by atoms with van der Waals surface area (Å²) in [4.78, 5) is 2.44. The number of rotatable bonds is 8. The van der Waals surface area contributed by atoms with Crippen molar-refractivity contribution >= 4 is 38.6 Å². The Morgan fingerprint density at radius 3 is 1.58 bits per heavy atom. The van der Waals surface area contributed by atoms with E-state index < -0.39 is 0 Å². The Labute approximate surface area is 381 Å². The van der Waals surface area contributed by atoms with Crippen LogP contribution in [0.3, 0.4) is 0 Å². The summed E-state index contributed by atoms with van der Waals surface area (Å²) in [6.07, 6.45) is 0. The molecular formula is C64H45N. The van der Waals surface area contributed by atoms with Gasteiger partial charge in [0.15, 0.2) is 0 Å². The largest absolute Gasteiger partial charge is 0.310 e. The summed E-state index contributed by atoms with van der Waals surface area (Å²) in [6, 6.07) is 93.6. The van der Waals surface area contributed by atoms with E-state index in [1.807, 2.05) is 0 Å². The van der Waals surface area contributed by atoms with Crippen LogP contribution in [-0.2, 0) is 5.41 Å². The molecule has 306 valence electrons. The van der Waals surface area contributed by atoms with Crippen molar-refractivity contribution in [2.24, 2.45) is 0 Å². The number of hydrogen-bond acceptors (Lipinski definition) is 1. The second-order valence-electron chi connectivity index (χ2n) is 17.3. The summed E-state index contributed by atoms with van der Waals surface area (Å²) in [5, 5.41) is 4.97. The van der Waals surface area contributed by atoms with Crippen molar-refractivity contribution in [3.05, 3.63) is 271 Å². The fourth-order valence-corrected chi connectivity index (χ4v) is 10.6. The quantitative estimate of drug-likeness (QED) is 0.138. The standard InChI is InChI=1S/C64H45N/c1-64(49-21-6-3-7-22-49)61-30-16-14-28-58(61)59-40-36-47(43-62(59)64)44-34-37-50(38-35-44)65(51-39-41-54-48(42-51)33-32-46-20-8-9-23-52(46)54)63-31-17-15-29-60(63)57-27-13-12-26-56(57)55-25-11-10-24-53(55)45-18-4-2-5-19-45/h2-43H,1H3. The fourth-order valence-electron chi connectivity index (χ4n) is 10.6. The summed E-state index contributed by atoms with van der Waals surface area (Å²) >= 11 is 0. The SMILES string of the molecule is CC1(c2ccccc2)c2ccccc2-c2ccc(-c3ccc(N(c4ccc5c(ccc6ccccc65)c4)c4ccccc4-c4ccccc4-c4ccccc4-c4ccccc4)cc3)cc21. The first-order chi connectivity index (χ1) is 32.1. The van der Waals surface area contributed by atoms with Crippen LogP contribution in [0, 0.1) is 0 Å². The van der Waals surface area contributed by atoms with Crippen LogP contribution >= 0.6 is 0 Å². The van der Waals surface area contributed by atoms with Crippen LogP contribution < -0.4 is 4.90 Å². The lowest BCUT2D eigenvalue weighted by Gasteiger charge is -2.29. The van der Waals surface area contributed by atoms with E-state index in [-0.39, 0.29) is 5.41 Å². The zero-order valence-corrected chi connectivity index (χ0v) is 36.2. The van der Waals surface area contributed by atoms with Crippen LogP contribution in [0.15, 0.2) is 255 Å². The number of nitrogens with zero attached hydrogens (tertiary/aromatic N) is 1. The average molecular weight is 828 g/mol. The first-order valence-corrected chi connectivity index (χ1v) is 22.6. The molecule has 0 aromatic heterocycles. The van der Waals surface area contributed by atoms with E-state index in [9.17, 15) is 0 Å². The summed E-state index contributed by atoms with van der Waals surface area (Å²) < 4.78 is 0. The van der Waals surface area contributed by atoms with Crippen LogP contribution in [0.4, 0.5) is 17.1 Å². The molecule has 1 nitrogen and oxygen atoms in total. The maximum atomic E-state index is 2.44. The molecule has 1 aliphatic rings. The molecule has 0 heterocycles. The molecule has 11 aromatic rings. The Kier molecular flexibility index (Phi) is 9.35. The highest BCUT2D eigenvalue weighted by atomic mass is 15.1. The van der Waals surface area contributed by atoms with E-state index in [1.54, 1.807) is 0 Å². The highest BCUT2D eigenvalue weighted by Gasteiger charge is 2.40. The van der Waals surface area contributed by atoms with Gasteiger partial charge in [0.05, 0.1) is 5.69 Å². The van der Waals surface area contributed by atoms with Gasteiger partial charge in [-0.1, -0.05) is 218 Å². The molecule has 0 fully saturated rings. The van der Waals surface area contributed by atoms with Crippen LogP contribution in [0.1, 0.15) is 23.6 Å². The number of para-hydroxylation sites is 1. The Morgan fingerprint density at radius 1 is 0.292 bits per heavy atom. The zero-order chi connectivity index (χ0) is 43.3. The highest BCUT2D eigenvalue weighted by Crippen LogP contribution is 2.53. The molecule has 1 unspecified atom stereocenters. The van der Waals surface area contributed by atoms with E-state index in [1.165, 1.54) is 88.3 Å². The lowest BCUT2D eigenvalue weighted by atomic mass is 9.74. The molecule has 1 atom stereocenters. The Hall–Kier alpha value is -8.26. The van der Waals surface area contributed by atoms with Crippen molar-refractivity contribution in [2.75, 3.05) is 4.90 Å². The van der Waals surface area contributed by atoms with Crippen molar-refractivity contribution in [3.63, 3.8) is 0 Å². The van der Waals surface area contributed by atoms with Gasteiger partial charge in [-0.15, -0.1) is 0 Å². The van der Waals surface area contributed by atoms with Gasteiger partial charge < -0.3 is 4.90 Å². The number of anilines is 3. The molecule has 0 aliphatic heterocycles. The Morgan fingerprint density at radius 2 is 0.815 bits per heavy atom. The maximum Gasteiger partial charge on any atom is 0.0540 e. The third kappa shape index (κ3) is 6.47. The van der Waals surface area contributed by atoms with E-state index in [0.717, 1.165) is 22.6 Å². The molecular weight excluding hydrogens is 783 g/mol. The van der Waals surface area contributed by atoms with Crippen LogP contribution in [0.2, 0.25) is 0 Å². The predicted octanol–water partition coefficient (Wildman–Crippen LogP) is 17.5. The van der Waals surface area contributed by atoms with Crippen molar-refractivity contribution in [1.82, 2.24) is 0 Å². The minimum atomic E-state index is -0.261. The van der Waals surface area contributed by atoms with Gasteiger partial charge in [-0.25, -0.2) is 0 Å². The third-order valence-electron chi connectivity index (χ3n) is 13.8. The first kappa shape index (κ1) is 38.4. The molecule has 11 aromatic carbocycles. The van der Waals surface area contributed by atoms with Crippen LogP contribution in [0.5, 0.6) is 0 Å². The van der Waals surface area contributed by atoms with Gasteiger partial charge in [0.25, 0.3) is 0 Å². The van der Waals surface area contributed by atoms with E-state index >= 15 is 0 Å². The molecule has 1 aliphatic carbocycles. The molecule has 0 amide bonds. The molecule has 12 rings (SSSR count). The van der Waals surface area contributed by atoms with Gasteiger partial charge in [-0.05, 0) is 132 Å². The van der Waals surface area contributed by atoms with Crippen molar-refractivity contribution in [1.29, 1.82) is 0 Å². The summed E-state index contributed by atoms with van der Waals surface area (Å²) in [6.45, 7) is 2.39. The molecule has 0 bridgehead atoms. The topological polar surface area (TPSA) is 3.24 Å². The van der Waals surface area contributed by atoms with Crippen molar-refractivity contribution in [3.8, 4) is 55.6 Å². The first-order valence-electron chi connectivity index (χ1n) is 22.6. The monoisotopic (exact) mass is 827 g/mol. The number of fused-ring (bicyclic) bond motifs is 6. The van der Waals surface area contributed by atoms with E-state index in [4.69, 9.17) is 0 Å². The minimum Gasteiger partial charge on any atom is -0.310 e. The van der Waals surface area contributed by atoms with Gasteiger partial charge in [0.1, 0.15) is 0 Å². The summed E-state index contributed by atoms with van der Waals surface area (Å²) in [5.41, 5.74) is 19.2. The Balaban J connectivity index is 1.01. The van der Waals surface area contributed by atoms with Crippen molar-refractivity contribution < 1.29 is 0 Å². The highest BCUT2D eigenvalue weighted by molar-refractivity contribution is 6.09. The molecule has 65 heavy (non-hydrogen) atoms. The minimum absolute atomic E-state index is 0.261. The number of hydrogen-bond donors (Lipinski definition) is 0. The summed E-state index contributed by atoms with van der Waals surface area (Å²) in [7, 11) is 0. The molecule has 0 saturated heterocycles. The smallest absolute Gasteiger partial charge is 0.0540 e. The second-order valence-corrected chi connectivity index (χ2v) is 17.3. The lowest BCUT2D eigenvalue weighted by molar-refractivity contribution is 0.714. The molecule has 0 saturated carbocycles. The molecule has 0 radical (unpaired) electrons. The van der Waals surface area contributed by atoms with Gasteiger partial charge in [-0.2, -0.15) is 0 Å². The molecule has 1 heteroatoms. The normalized spacial score (nSPS) is 14.0. The predicted molar refractivity (Wildman–Crippen MR) is 275 cm³/mol. The van der Waals surface area contributed by atoms with Gasteiger partial charge in [0.2, 0.25) is 0 Å². The summed E-state index contributed by atoms with van der Waals surface area (Å²) in [5.74, 6) is 0. The van der Waals surface area contributed by atoms with Crippen molar-refractivity contribution in [2.45, 2.75) is 12.3 Å². The molecule has 0 spiro atoms. The second kappa shape index (κ2) is 15.8.